The van der Waals surface area contributed by atoms with Crippen LogP contribution < -0.4 is 10.6 Å². The van der Waals surface area contributed by atoms with Crippen LogP contribution in [-0.2, 0) is 0 Å². The molecule has 1 aromatic carbocycles. The van der Waals surface area contributed by atoms with Crippen LogP contribution >= 0.6 is 0 Å². The summed E-state index contributed by atoms with van der Waals surface area (Å²) in [5.74, 6) is 0.108. The Morgan fingerprint density at radius 3 is 2.79 bits per heavy atom. The van der Waals surface area contributed by atoms with E-state index in [-0.39, 0.29) is 17.5 Å². The van der Waals surface area contributed by atoms with E-state index in [0.717, 1.165) is 25.0 Å². The van der Waals surface area contributed by atoms with Crippen LogP contribution in [0, 0.1) is 0 Å². The lowest BCUT2D eigenvalue weighted by Crippen LogP contribution is -2.31. The first kappa shape index (κ1) is 18.8. The Balaban J connectivity index is 1.64. The number of furan rings is 1. The van der Waals surface area contributed by atoms with Gasteiger partial charge in [-0.15, -0.1) is 0 Å². The monoisotopic (exact) mass is 394 g/mol. The van der Waals surface area contributed by atoms with Crippen molar-refractivity contribution in [2.45, 2.75) is 32.1 Å². The third kappa shape index (κ3) is 4.01. The van der Waals surface area contributed by atoms with Gasteiger partial charge in [-0.25, -0.2) is 4.79 Å². The van der Waals surface area contributed by atoms with Gasteiger partial charge in [-0.05, 0) is 55.7 Å². The van der Waals surface area contributed by atoms with Crippen LogP contribution in [0.5, 0.6) is 5.75 Å². The van der Waals surface area contributed by atoms with Crippen molar-refractivity contribution in [3.05, 3.63) is 54.1 Å². The van der Waals surface area contributed by atoms with Gasteiger partial charge in [-0.2, -0.15) is 9.78 Å². The highest BCUT2D eigenvalue weighted by atomic mass is 16.3. The van der Waals surface area contributed by atoms with Gasteiger partial charge in [0.15, 0.2) is 5.76 Å². The smallest absolute Gasteiger partial charge is 0.342 e. The number of hydrogen-bond acceptors (Lipinski definition) is 5. The molecule has 8 heteroatoms. The van der Waals surface area contributed by atoms with E-state index in [1.807, 2.05) is 13.0 Å². The van der Waals surface area contributed by atoms with E-state index in [1.165, 1.54) is 17.0 Å². The van der Waals surface area contributed by atoms with Gasteiger partial charge in [-0.1, -0.05) is 6.92 Å². The minimum Gasteiger partial charge on any atom is -0.507 e. The first-order valence-corrected chi connectivity index (χ1v) is 9.63. The van der Waals surface area contributed by atoms with Crippen molar-refractivity contribution < 1.29 is 19.1 Å². The first-order valence-electron chi connectivity index (χ1n) is 9.63. The van der Waals surface area contributed by atoms with E-state index < -0.39 is 5.91 Å². The molecule has 0 unspecified atom stereocenters. The molecule has 29 heavy (non-hydrogen) atoms. The SMILES string of the molecule is CCCNC(=O)n1nc(-c2cc(NC(=O)c3ccco3)ccc2O)cc1C1CC1. The Bertz CT molecular complexity index is 1040. The topological polar surface area (TPSA) is 109 Å². The number of rotatable bonds is 6. The van der Waals surface area contributed by atoms with E-state index in [1.54, 1.807) is 24.3 Å². The predicted molar refractivity (Wildman–Crippen MR) is 107 cm³/mol. The van der Waals surface area contributed by atoms with Gasteiger partial charge in [0.1, 0.15) is 5.75 Å². The molecule has 0 spiro atoms. The average molecular weight is 394 g/mol. The quantitative estimate of drug-likeness (QED) is 0.549. The molecule has 2 amide bonds. The van der Waals surface area contributed by atoms with Crippen LogP contribution in [0.4, 0.5) is 10.5 Å². The lowest BCUT2D eigenvalue weighted by molar-refractivity contribution is 0.0996. The van der Waals surface area contributed by atoms with E-state index in [9.17, 15) is 14.7 Å². The lowest BCUT2D eigenvalue weighted by atomic mass is 10.1. The average Bonchev–Trinajstić information content (AvgIpc) is 3.23. The zero-order valence-electron chi connectivity index (χ0n) is 16.0. The van der Waals surface area contributed by atoms with E-state index in [0.29, 0.717) is 29.4 Å². The number of phenols is 1. The number of nitrogens with one attached hydrogen (secondary N) is 2. The molecule has 4 rings (SSSR count). The fourth-order valence-corrected chi connectivity index (χ4v) is 3.09. The molecule has 1 aliphatic carbocycles. The van der Waals surface area contributed by atoms with Crippen molar-refractivity contribution in [2.75, 3.05) is 11.9 Å². The predicted octanol–water partition coefficient (Wildman–Crippen LogP) is 3.95. The summed E-state index contributed by atoms with van der Waals surface area (Å²) in [6, 6.07) is 9.45. The van der Waals surface area contributed by atoms with E-state index in [4.69, 9.17) is 4.42 Å². The van der Waals surface area contributed by atoms with Crippen molar-refractivity contribution in [1.82, 2.24) is 15.1 Å². The summed E-state index contributed by atoms with van der Waals surface area (Å²) < 4.78 is 6.48. The number of amides is 2. The second kappa shape index (κ2) is 7.83. The third-order valence-electron chi connectivity index (χ3n) is 4.73. The van der Waals surface area contributed by atoms with Crippen LogP contribution in [0.25, 0.3) is 11.3 Å². The van der Waals surface area contributed by atoms with Gasteiger partial charge in [0.25, 0.3) is 5.91 Å². The maximum absolute atomic E-state index is 12.5. The number of phenolic OH excluding ortho intramolecular Hbond substituents is 1. The highest BCUT2D eigenvalue weighted by Crippen LogP contribution is 2.42. The summed E-state index contributed by atoms with van der Waals surface area (Å²) in [4.78, 5) is 24.7. The molecule has 0 radical (unpaired) electrons. The van der Waals surface area contributed by atoms with Crippen LogP contribution in [0.2, 0.25) is 0 Å². The van der Waals surface area contributed by atoms with Crippen LogP contribution in [-0.4, -0.2) is 33.4 Å². The molecular formula is C21H22N4O4. The number of benzene rings is 1. The molecule has 2 aromatic heterocycles. The second-order valence-corrected chi connectivity index (χ2v) is 7.04. The van der Waals surface area contributed by atoms with Gasteiger partial charge in [0.05, 0.1) is 17.7 Å². The summed E-state index contributed by atoms with van der Waals surface area (Å²) in [6.07, 6.45) is 4.28. The number of aromatic nitrogens is 2. The summed E-state index contributed by atoms with van der Waals surface area (Å²) in [5, 5.41) is 20.4. The molecule has 1 aliphatic rings. The van der Waals surface area contributed by atoms with Gasteiger partial charge < -0.3 is 20.2 Å². The van der Waals surface area contributed by atoms with Crippen LogP contribution in [0.3, 0.4) is 0 Å². The Kier molecular flexibility index (Phi) is 5.07. The van der Waals surface area contributed by atoms with E-state index >= 15 is 0 Å². The number of anilines is 1. The number of carbonyl (C=O) groups is 2. The molecule has 1 saturated carbocycles. The molecule has 8 nitrogen and oxygen atoms in total. The number of carbonyl (C=O) groups excluding carboxylic acids is 2. The minimum atomic E-state index is -0.394. The lowest BCUT2D eigenvalue weighted by Gasteiger charge is -2.07. The number of nitrogens with zero attached hydrogens (tertiary/aromatic N) is 2. The summed E-state index contributed by atoms with van der Waals surface area (Å²) in [6.45, 7) is 2.55. The molecular weight excluding hydrogens is 372 g/mol. The number of aromatic hydroxyl groups is 1. The molecule has 1 fully saturated rings. The molecule has 2 heterocycles. The van der Waals surface area contributed by atoms with Gasteiger partial charge in [0, 0.05) is 23.7 Å². The fraction of sp³-hybridized carbons (Fsp3) is 0.286. The van der Waals surface area contributed by atoms with E-state index in [2.05, 4.69) is 15.7 Å². The maximum atomic E-state index is 12.5. The molecule has 0 saturated heterocycles. The molecule has 0 atom stereocenters. The Morgan fingerprint density at radius 1 is 1.28 bits per heavy atom. The zero-order chi connectivity index (χ0) is 20.4. The minimum absolute atomic E-state index is 0.0157. The standard InChI is InChI=1S/C21H22N4O4/c1-2-9-22-21(28)25-17(13-5-6-13)12-16(24-25)15-11-14(7-8-18(15)26)23-20(27)19-4-3-10-29-19/h3-4,7-8,10-13,26H,2,5-6,9H2,1H3,(H,22,28)(H,23,27). The van der Waals surface area contributed by atoms with Crippen LogP contribution in [0.15, 0.2) is 47.1 Å². The zero-order valence-corrected chi connectivity index (χ0v) is 16.0. The maximum Gasteiger partial charge on any atom is 0.342 e. The molecule has 0 bridgehead atoms. The van der Waals surface area contributed by atoms with Crippen molar-refractivity contribution in [3.63, 3.8) is 0 Å². The largest absolute Gasteiger partial charge is 0.507 e. The molecule has 150 valence electrons. The first-order chi connectivity index (χ1) is 14.1. The highest BCUT2D eigenvalue weighted by molar-refractivity contribution is 6.02. The fourth-order valence-electron chi connectivity index (χ4n) is 3.09. The third-order valence-corrected chi connectivity index (χ3v) is 4.73. The second-order valence-electron chi connectivity index (χ2n) is 7.04. The van der Waals surface area contributed by atoms with Gasteiger partial charge in [0.2, 0.25) is 0 Å². The highest BCUT2D eigenvalue weighted by Gasteiger charge is 2.30. The summed E-state index contributed by atoms with van der Waals surface area (Å²) in [7, 11) is 0. The Morgan fingerprint density at radius 2 is 2.10 bits per heavy atom. The van der Waals surface area contributed by atoms with Crippen molar-refractivity contribution >= 4 is 17.6 Å². The van der Waals surface area contributed by atoms with Crippen LogP contribution in [0.1, 0.15) is 48.4 Å². The van der Waals surface area contributed by atoms with Crippen molar-refractivity contribution in [1.29, 1.82) is 0 Å². The molecule has 3 N–H and O–H groups in total. The Labute approximate surface area is 167 Å². The normalized spacial score (nSPS) is 13.3. The van der Waals surface area contributed by atoms with Crippen molar-refractivity contribution in [3.8, 4) is 17.0 Å². The van der Waals surface area contributed by atoms with Gasteiger partial charge in [-0.3, -0.25) is 4.79 Å². The Hall–Kier alpha value is -3.55. The van der Waals surface area contributed by atoms with Gasteiger partial charge >= 0.3 is 6.03 Å². The molecule has 3 aromatic rings. The van der Waals surface area contributed by atoms with Crippen molar-refractivity contribution in [2.24, 2.45) is 0 Å². The summed E-state index contributed by atoms with van der Waals surface area (Å²) >= 11 is 0. The number of hydrogen-bond donors (Lipinski definition) is 3. The summed E-state index contributed by atoms with van der Waals surface area (Å²) in [5.41, 5.74) is 2.23. The molecule has 0 aliphatic heterocycles.